The number of guanidine groups is 1. The van der Waals surface area contributed by atoms with Gasteiger partial charge in [0.05, 0.1) is 6.04 Å². The Hall–Kier alpha value is -0.970. The summed E-state index contributed by atoms with van der Waals surface area (Å²) < 4.78 is 0. The number of aliphatic imine (C=N–C) groups is 1. The summed E-state index contributed by atoms with van der Waals surface area (Å²) in [4.78, 5) is 4.41. The maximum Gasteiger partial charge on any atom is 0.189 e. The maximum atomic E-state index is 9.14. The molecule has 23 heavy (non-hydrogen) atoms. The van der Waals surface area contributed by atoms with Gasteiger partial charge in [0.15, 0.2) is 5.96 Å². The van der Waals surface area contributed by atoms with Crippen molar-refractivity contribution in [3.63, 3.8) is 0 Å². The van der Waals surface area contributed by atoms with Gasteiger partial charge in [0, 0.05) is 23.2 Å². The summed E-state index contributed by atoms with van der Waals surface area (Å²) in [6, 6.07) is 5.32. The smallest absolute Gasteiger partial charge is 0.189 e. The quantitative estimate of drug-likeness (QED) is 0.485. The van der Waals surface area contributed by atoms with E-state index in [9.17, 15) is 0 Å². The third-order valence-corrected chi connectivity index (χ3v) is 4.22. The van der Waals surface area contributed by atoms with Gasteiger partial charge in [0.25, 0.3) is 0 Å². The van der Waals surface area contributed by atoms with Gasteiger partial charge in [-0.15, -0.1) is 0 Å². The van der Waals surface area contributed by atoms with Crippen molar-refractivity contribution >= 4 is 29.2 Å². The van der Waals surface area contributed by atoms with Gasteiger partial charge in [-0.2, -0.15) is 0 Å². The highest BCUT2D eigenvalue weighted by Crippen LogP contribution is 2.26. The van der Waals surface area contributed by atoms with Crippen molar-refractivity contribution in [2.45, 2.75) is 39.7 Å². The minimum atomic E-state index is -0.0649. The number of hydrogen-bond donors (Lipinski definition) is 3. The molecule has 2 unspecified atom stereocenters. The number of halogens is 2. The molecule has 0 aliphatic heterocycles. The first-order valence-corrected chi connectivity index (χ1v) is 8.71. The summed E-state index contributed by atoms with van der Waals surface area (Å²) in [6.45, 7) is 7.09. The summed E-state index contributed by atoms with van der Waals surface area (Å²) in [7, 11) is 0. The standard InChI is InChI=1S/C17H27Cl2N3O/c1-11(2)8-13(6-7-23)10-21-17(20)22-12(3)15-5-4-14(18)9-16(15)19/h4-5,9,11-13,23H,6-8,10H2,1-3H3,(H3,20,21,22). The van der Waals surface area contributed by atoms with Crippen LogP contribution in [0.2, 0.25) is 10.0 Å². The predicted molar refractivity (Wildman–Crippen MR) is 99.1 cm³/mol. The van der Waals surface area contributed by atoms with Gasteiger partial charge in [-0.1, -0.05) is 43.1 Å². The van der Waals surface area contributed by atoms with E-state index in [2.05, 4.69) is 24.2 Å². The fourth-order valence-corrected chi connectivity index (χ4v) is 3.13. The van der Waals surface area contributed by atoms with E-state index in [1.54, 1.807) is 12.1 Å². The van der Waals surface area contributed by atoms with E-state index in [1.807, 2.05) is 13.0 Å². The largest absolute Gasteiger partial charge is 0.396 e. The zero-order valence-electron chi connectivity index (χ0n) is 14.0. The average Bonchev–Trinajstić information content (AvgIpc) is 2.44. The van der Waals surface area contributed by atoms with Crippen LogP contribution in [0.4, 0.5) is 0 Å². The molecule has 0 aliphatic rings. The molecular formula is C17H27Cl2N3O. The third-order valence-electron chi connectivity index (χ3n) is 3.66. The van der Waals surface area contributed by atoms with Crippen LogP contribution in [-0.2, 0) is 0 Å². The first-order valence-electron chi connectivity index (χ1n) is 7.95. The molecule has 0 fully saturated rings. The first-order chi connectivity index (χ1) is 10.8. The highest BCUT2D eigenvalue weighted by atomic mass is 35.5. The van der Waals surface area contributed by atoms with E-state index in [0.29, 0.717) is 34.4 Å². The maximum absolute atomic E-state index is 9.14. The molecule has 1 aromatic carbocycles. The second kappa shape index (κ2) is 10.0. The van der Waals surface area contributed by atoms with Crippen LogP contribution in [0, 0.1) is 11.8 Å². The number of hydrogen-bond acceptors (Lipinski definition) is 2. The van der Waals surface area contributed by atoms with Crippen LogP contribution in [0.15, 0.2) is 23.2 Å². The van der Waals surface area contributed by atoms with Gasteiger partial charge in [0.1, 0.15) is 0 Å². The van der Waals surface area contributed by atoms with Crippen LogP contribution in [0.1, 0.15) is 45.2 Å². The molecular weight excluding hydrogens is 333 g/mol. The lowest BCUT2D eigenvalue weighted by molar-refractivity contribution is 0.245. The molecule has 1 rings (SSSR count). The predicted octanol–water partition coefficient (Wildman–Crippen LogP) is 4.00. The Morgan fingerprint density at radius 3 is 2.57 bits per heavy atom. The monoisotopic (exact) mass is 359 g/mol. The molecule has 0 spiro atoms. The zero-order valence-corrected chi connectivity index (χ0v) is 15.5. The zero-order chi connectivity index (χ0) is 17.4. The van der Waals surface area contributed by atoms with Gasteiger partial charge < -0.3 is 16.2 Å². The molecule has 0 saturated heterocycles. The van der Waals surface area contributed by atoms with Crippen molar-refractivity contribution in [2.24, 2.45) is 22.6 Å². The van der Waals surface area contributed by atoms with E-state index in [4.69, 9.17) is 34.0 Å². The molecule has 4 nitrogen and oxygen atoms in total. The molecule has 0 radical (unpaired) electrons. The van der Waals surface area contributed by atoms with Crippen LogP contribution in [0.3, 0.4) is 0 Å². The van der Waals surface area contributed by atoms with Gasteiger partial charge in [-0.05, 0) is 49.3 Å². The van der Waals surface area contributed by atoms with Crippen molar-refractivity contribution in [2.75, 3.05) is 13.2 Å². The number of nitrogens with one attached hydrogen (secondary N) is 1. The van der Waals surface area contributed by atoms with E-state index >= 15 is 0 Å². The number of benzene rings is 1. The summed E-state index contributed by atoms with van der Waals surface area (Å²) in [5, 5.41) is 13.5. The molecule has 0 aliphatic carbocycles. The molecule has 6 heteroatoms. The van der Waals surface area contributed by atoms with Crippen molar-refractivity contribution in [3.8, 4) is 0 Å². The lowest BCUT2D eigenvalue weighted by atomic mass is 9.94. The Balaban J connectivity index is 2.63. The Morgan fingerprint density at radius 2 is 2.00 bits per heavy atom. The van der Waals surface area contributed by atoms with Crippen LogP contribution in [-0.4, -0.2) is 24.2 Å². The highest BCUT2D eigenvalue weighted by molar-refractivity contribution is 6.35. The van der Waals surface area contributed by atoms with Crippen LogP contribution >= 0.6 is 23.2 Å². The molecule has 0 aromatic heterocycles. The Labute approximate surface area is 149 Å². The molecule has 0 saturated carbocycles. The van der Waals surface area contributed by atoms with E-state index in [1.165, 1.54) is 0 Å². The van der Waals surface area contributed by atoms with Gasteiger partial charge >= 0.3 is 0 Å². The van der Waals surface area contributed by atoms with Crippen LogP contribution in [0.5, 0.6) is 0 Å². The summed E-state index contributed by atoms with van der Waals surface area (Å²) >= 11 is 12.1. The van der Waals surface area contributed by atoms with E-state index in [0.717, 1.165) is 18.4 Å². The van der Waals surface area contributed by atoms with E-state index in [-0.39, 0.29) is 12.6 Å². The number of rotatable bonds is 8. The topological polar surface area (TPSA) is 70.6 Å². The van der Waals surface area contributed by atoms with Gasteiger partial charge in [-0.25, -0.2) is 0 Å². The molecule has 130 valence electrons. The summed E-state index contributed by atoms with van der Waals surface area (Å²) in [5.41, 5.74) is 6.89. The molecule has 4 N–H and O–H groups in total. The molecule has 0 amide bonds. The lowest BCUT2D eigenvalue weighted by Gasteiger charge is -2.18. The normalized spacial score (nSPS) is 14.8. The molecule has 1 aromatic rings. The molecule has 0 bridgehead atoms. The Kier molecular flexibility index (Phi) is 8.74. The fourth-order valence-electron chi connectivity index (χ4n) is 2.56. The Morgan fingerprint density at radius 1 is 1.30 bits per heavy atom. The number of aliphatic hydroxyl groups is 1. The van der Waals surface area contributed by atoms with E-state index < -0.39 is 0 Å². The van der Waals surface area contributed by atoms with Gasteiger partial charge in [-0.3, -0.25) is 4.99 Å². The first kappa shape index (κ1) is 20.1. The highest BCUT2D eigenvalue weighted by Gasteiger charge is 2.13. The molecule has 0 heterocycles. The second-order valence-electron chi connectivity index (χ2n) is 6.27. The summed E-state index contributed by atoms with van der Waals surface area (Å²) in [5.74, 6) is 1.30. The minimum absolute atomic E-state index is 0.0649. The summed E-state index contributed by atoms with van der Waals surface area (Å²) in [6.07, 6.45) is 1.77. The van der Waals surface area contributed by atoms with Crippen molar-refractivity contribution in [1.82, 2.24) is 5.32 Å². The van der Waals surface area contributed by atoms with Crippen molar-refractivity contribution in [3.05, 3.63) is 33.8 Å². The minimum Gasteiger partial charge on any atom is -0.396 e. The van der Waals surface area contributed by atoms with Crippen LogP contribution in [0.25, 0.3) is 0 Å². The number of nitrogens with two attached hydrogens (primary N) is 1. The third kappa shape index (κ3) is 7.42. The average molecular weight is 360 g/mol. The molecule has 2 atom stereocenters. The number of aliphatic hydroxyl groups excluding tert-OH is 1. The second-order valence-corrected chi connectivity index (χ2v) is 7.11. The van der Waals surface area contributed by atoms with Gasteiger partial charge in [0.2, 0.25) is 0 Å². The van der Waals surface area contributed by atoms with Crippen molar-refractivity contribution in [1.29, 1.82) is 0 Å². The fraction of sp³-hybridized carbons (Fsp3) is 0.588. The van der Waals surface area contributed by atoms with Crippen molar-refractivity contribution < 1.29 is 5.11 Å². The SMILES string of the molecule is CC(C)CC(CCO)CN=C(N)NC(C)c1ccc(Cl)cc1Cl. The lowest BCUT2D eigenvalue weighted by Crippen LogP contribution is -2.34. The Bertz CT molecular complexity index is 521. The number of nitrogens with zero attached hydrogens (tertiary/aromatic N) is 1. The van der Waals surface area contributed by atoms with Crippen LogP contribution < -0.4 is 11.1 Å².